The number of rotatable bonds is 0. The lowest BCUT2D eigenvalue weighted by atomic mass is 9.66. The highest BCUT2D eigenvalue weighted by molar-refractivity contribution is 5.46. The van der Waals surface area contributed by atoms with Gasteiger partial charge in [0.1, 0.15) is 5.65 Å². The summed E-state index contributed by atoms with van der Waals surface area (Å²) in [6.45, 7) is 4.63. The Morgan fingerprint density at radius 3 is 2.79 bits per heavy atom. The number of aromatic nitrogens is 3. The summed E-state index contributed by atoms with van der Waals surface area (Å²) in [5.41, 5.74) is 3.41. The predicted molar refractivity (Wildman–Crippen MR) is 73.4 cm³/mol. The summed E-state index contributed by atoms with van der Waals surface area (Å²) in [5.74, 6) is 0. The van der Waals surface area contributed by atoms with E-state index in [1.54, 1.807) is 6.20 Å². The molecule has 0 bridgehead atoms. The summed E-state index contributed by atoms with van der Waals surface area (Å²) >= 11 is 0. The molecule has 0 atom stereocenters. The van der Waals surface area contributed by atoms with Crippen molar-refractivity contribution >= 4 is 5.65 Å². The summed E-state index contributed by atoms with van der Waals surface area (Å²) in [6, 6.07) is 1.88. The molecule has 4 heteroatoms. The number of hydrogen-bond donors (Lipinski definition) is 1. The summed E-state index contributed by atoms with van der Waals surface area (Å²) < 4.78 is 1.50. The second kappa shape index (κ2) is 3.30. The fraction of sp³-hybridized carbons (Fsp3) is 0.600. The fourth-order valence-corrected chi connectivity index (χ4v) is 4.43. The maximum absolute atomic E-state index is 12.6. The van der Waals surface area contributed by atoms with Gasteiger partial charge in [-0.1, -0.05) is 26.7 Å². The van der Waals surface area contributed by atoms with Crippen LogP contribution in [0, 0.1) is 5.41 Å². The van der Waals surface area contributed by atoms with Crippen LogP contribution in [0.4, 0.5) is 0 Å². The predicted octanol–water partition coefficient (Wildman–Crippen LogP) is 2.42. The van der Waals surface area contributed by atoms with Gasteiger partial charge < -0.3 is 4.98 Å². The highest BCUT2D eigenvalue weighted by atomic mass is 16.1. The zero-order chi connectivity index (χ0) is 13.3. The second-order valence-corrected chi connectivity index (χ2v) is 6.76. The average molecular weight is 257 g/mol. The molecular formula is C15H19N3O. The third-order valence-corrected chi connectivity index (χ3v) is 5.50. The Balaban J connectivity index is 2.08. The number of aromatic amines is 1. The minimum absolute atomic E-state index is 0.0746. The normalized spacial score (nSPS) is 23.3. The van der Waals surface area contributed by atoms with E-state index in [2.05, 4.69) is 23.9 Å². The van der Waals surface area contributed by atoms with Crippen LogP contribution in [0.2, 0.25) is 0 Å². The number of nitrogens with zero attached hydrogens (tertiary/aromatic N) is 2. The SMILES string of the molecule is CC1(C)Cc2c([nH]c3ccnn3c2=O)C12CCCC2. The molecule has 0 saturated heterocycles. The summed E-state index contributed by atoms with van der Waals surface area (Å²) in [6.07, 6.45) is 7.51. The van der Waals surface area contributed by atoms with Crippen molar-refractivity contribution in [3.8, 4) is 0 Å². The molecule has 4 rings (SSSR count). The first-order valence-corrected chi connectivity index (χ1v) is 7.15. The maximum Gasteiger partial charge on any atom is 0.277 e. The number of fused-ring (bicyclic) bond motifs is 3. The van der Waals surface area contributed by atoms with Crippen molar-refractivity contribution in [2.75, 3.05) is 0 Å². The molecule has 1 spiro atoms. The molecule has 19 heavy (non-hydrogen) atoms. The molecule has 2 heterocycles. The molecule has 2 aliphatic carbocycles. The summed E-state index contributed by atoms with van der Waals surface area (Å²) in [5, 5.41) is 4.13. The van der Waals surface area contributed by atoms with Gasteiger partial charge in [-0.25, -0.2) is 0 Å². The number of nitrogens with one attached hydrogen (secondary N) is 1. The van der Waals surface area contributed by atoms with Gasteiger partial charge in [0.15, 0.2) is 0 Å². The molecule has 1 fully saturated rings. The van der Waals surface area contributed by atoms with Crippen LogP contribution in [-0.4, -0.2) is 14.6 Å². The molecule has 1 saturated carbocycles. The third kappa shape index (κ3) is 1.20. The molecular weight excluding hydrogens is 238 g/mol. The minimum Gasteiger partial charge on any atom is -0.343 e. The van der Waals surface area contributed by atoms with Crippen molar-refractivity contribution in [2.24, 2.45) is 5.41 Å². The van der Waals surface area contributed by atoms with Crippen molar-refractivity contribution in [1.29, 1.82) is 0 Å². The van der Waals surface area contributed by atoms with E-state index in [1.165, 1.54) is 35.9 Å². The van der Waals surface area contributed by atoms with Crippen molar-refractivity contribution in [3.63, 3.8) is 0 Å². The van der Waals surface area contributed by atoms with Crippen molar-refractivity contribution < 1.29 is 0 Å². The van der Waals surface area contributed by atoms with Gasteiger partial charge in [0.05, 0.1) is 6.20 Å². The van der Waals surface area contributed by atoms with Crippen LogP contribution in [0.1, 0.15) is 50.8 Å². The highest BCUT2D eigenvalue weighted by Crippen LogP contribution is 2.58. The Labute approximate surface area is 111 Å². The lowest BCUT2D eigenvalue weighted by Gasteiger charge is -2.38. The van der Waals surface area contributed by atoms with E-state index in [1.807, 2.05) is 6.07 Å². The molecule has 0 aromatic carbocycles. The van der Waals surface area contributed by atoms with Gasteiger partial charge in [-0.3, -0.25) is 4.79 Å². The first kappa shape index (κ1) is 11.3. The van der Waals surface area contributed by atoms with Crippen molar-refractivity contribution in [3.05, 3.63) is 33.9 Å². The Hall–Kier alpha value is -1.58. The van der Waals surface area contributed by atoms with Crippen LogP contribution < -0.4 is 5.56 Å². The Kier molecular flexibility index (Phi) is 1.95. The van der Waals surface area contributed by atoms with Crippen LogP contribution >= 0.6 is 0 Å². The van der Waals surface area contributed by atoms with Gasteiger partial charge in [0.25, 0.3) is 5.56 Å². The monoisotopic (exact) mass is 257 g/mol. The van der Waals surface area contributed by atoms with E-state index in [0.29, 0.717) is 0 Å². The largest absolute Gasteiger partial charge is 0.343 e. The van der Waals surface area contributed by atoms with Gasteiger partial charge in [0.2, 0.25) is 0 Å². The van der Waals surface area contributed by atoms with E-state index in [4.69, 9.17) is 0 Å². The molecule has 0 amide bonds. The standard InChI is InChI=1S/C15H19N3O/c1-14(2)9-10-12(15(14)6-3-4-7-15)17-11-5-8-16-18(11)13(10)19/h5,8,17H,3-4,6-7,9H2,1-2H3. The van der Waals surface area contributed by atoms with Crippen LogP contribution in [0.25, 0.3) is 5.65 Å². The van der Waals surface area contributed by atoms with E-state index in [-0.39, 0.29) is 16.4 Å². The Morgan fingerprint density at radius 1 is 1.32 bits per heavy atom. The average Bonchev–Trinajstić information content (AvgIpc) is 3.03. The second-order valence-electron chi connectivity index (χ2n) is 6.76. The molecule has 0 aliphatic heterocycles. The summed E-state index contributed by atoms with van der Waals surface area (Å²) in [7, 11) is 0. The highest BCUT2D eigenvalue weighted by Gasteiger charge is 2.55. The fourth-order valence-electron chi connectivity index (χ4n) is 4.43. The van der Waals surface area contributed by atoms with Gasteiger partial charge in [-0.2, -0.15) is 9.61 Å². The van der Waals surface area contributed by atoms with Gasteiger partial charge in [0, 0.05) is 22.7 Å². The maximum atomic E-state index is 12.6. The van der Waals surface area contributed by atoms with Crippen LogP contribution in [-0.2, 0) is 11.8 Å². The Bertz CT molecular complexity index is 717. The van der Waals surface area contributed by atoms with Gasteiger partial charge in [-0.05, 0) is 24.7 Å². The van der Waals surface area contributed by atoms with E-state index in [9.17, 15) is 4.79 Å². The quantitative estimate of drug-likeness (QED) is 0.788. The smallest absolute Gasteiger partial charge is 0.277 e. The van der Waals surface area contributed by atoms with Crippen LogP contribution in [0.3, 0.4) is 0 Å². The lowest BCUT2D eigenvalue weighted by molar-refractivity contribution is 0.185. The van der Waals surface area contributed by atoms with E-state index < -0.39 is 0 Å². The number of H-pyrrole nitrogens is 1. The first-order chi connectivity index (χ1) is 9.05. The molecule has 0 radical (unpaired) electrons. The molecule has 100 valence electrons. The van der Waals surface area contributed by atoms with E-state index >= 15 is 0 Å². The third-order valence-electron chi connectivity index (χ3n) is 5.50. The minimum atomic E-state index is 0.0746. The Morgan fingerprint density at radius 2 is 2.05 bits per heavy atom. The van der Waals surface area contributed by atoms with Gasteiger partial charge >= 0.3 is 0 Å². The lowest BCUT2D eigenvalue weighted by Crippen LogP contribution is -2.36. The zero-order valence-electron chi connectivity index (χ0n) is 11.5. The van der Waals surface area contributed by atoms with E-state index in [0.717, 1.165) is 17.6 Å². The molecule has 1 N–H and O–H groups in total. The molecule has 2 aliphatic rings. The van der Waals surface area contributed by atoms with Crippen molar-refractivity contribution in [1.82, 2.24) is 14.6 Å². The van der Waals surface area contributed by atoms with Crippen molar-refractivity contribution in [2.45, 2.75) is 51.4 Å². The van der Waals surface area contributed by atoms with Crippen LogP contribution in [0.15, 0.2) is 17.1 Å². The first-order valence-electron chi connectivity index (χ1n) is 7.15. The van der Waals surface area contributed by atoms with Crippen LogP contribution in [0.5, 0.6) is 0 Å². The molecule has 4 nitrogen and oxygen atoms in total. The zero-order valence-corrected chi connectivity index (χ0v) is 11.5. The van der Waals surface area contributed by atoms with Gasteiger partial charge in [-0.15, -0.1) is 0 Å². The molecule has 2 aromatic rings. The topological polar surface area (TPSA) is 50.2 Å². The number of hydrogen-bond acceptors (Lipinski definition) is 2. The molecule has 0 unspecified atom stereocenters. The molecule has 2 aromatic heterocycles. The summed E-state index contributed by atoms with van der Waals surface area (Å²) in [4.78, 5) is 16.1.